The van der Waals surface area contributed by atoms with Gasteiger partial charge in [0.15, 0.2) is 0 Å². The Morgan fingerprint density at radius 1 is 1.25 bits per heavy atom. The third-order valence-electron chi connectivity index (χ3n) is 2.65. The molecule has 7 nitrogen and oxygen atoms in total. The van der Waals surface area contributed by atoms with Gasteiger partial charge in [0.05, 0.1) is 26.1 Å². The largest absolute Gasteiger partial charge is 0.480 e. The molecule has 2 rings (SSSR count). The zero-order chi connectivity index (χ0) is 14.5. The normalized spacial score (nSPS) is 12.0. The first-order valence-corrected chi connectivity index (χ1v) is 6.52. The number of hydrogen-bond donors (Lipinski definition) is 2. The number of nitrogens with zero attached hydrogens (tertiary/aromatic N) is 3. The lowest BCUT2D eigenvalue weighted by Gasteiger charge is -2.18. The first-order chi connectivity index (χ1) is 9.71. The SMILES string of the molecule is COc1cnc(C(NN)c2ncccc2Br)c(OC)n1. The number of ether oxygens (including phenoxy) is 2. The van der Waals surface area contributed by atoms with Gasteiger partial charge in [-0.1, -0.05) is 0 Å². The van der Waals surface area contributed by atoms with Crippen LogP contribution in [0.25, 0.3) is 0 Å². The average molecular weight is 340 g/mol. The summed E-state index contributed by atoms with van der Waals surface area (Å²) in [6.07, 6.45) is 3.17. The highest BCUT2D eigenvalue weighted by molar-refractivity contribution is 9.10. The van der Waals surface area contributed by atoms with E-state index in [2.05, 4.69) is 36.3 Å². The molecule has 0 spiro atoms. The van der Waals surface area contributed by atoms with Gasteiger partial charge in [-0.2, -0.15) is 4.98 Å². The Morgan fingerprint density at radius 3 is 2.65 bits per heavy atom. The lowest BCUT2D eigenvalue weighted by atomic mass is 10.1. The fourth-order valence-electron chi connectivity index (χ4n) is 1.71. The number of aromatic nitrogens is 3. The van der Waals surface area contributed by atoms with Gasteiger partial charge in [0.25, 0.3) is 0 Å². The van der Waals surface area contributed by atoms with E-state index in [0.29, 0.717) is 23.1 Å². The van der Waals surface area contributed by atoms with Crippen LogP contribution in [0.5, 0.6) is 11.8 Å². The van der Waals surface area contributed by atoms with Crippen molar-refractivity contribution >= 4 is 15.9 Å². The maximum Gasteiger partial charge on any atom is 0.240 e. The quantitative estimate of drug-likeness (QED) is 0.624. The van der Waals surface area contributed by atoms with Crippen molar-refractivity contribution in [2.45, 2.75) is 6.04 Å². The molecule has 0 aliphatic carbocycles. The highest BCUT2D eigenvalue weighted by Crippen LogP contribution is 2.30. The van der Waals surface area contributed by atoms with E-state index in [0.717, 1.165) is 4.47 Å². The van der Waals surface area contributed by atoms with Crippen LogP contribution in [0.2, 0.25) is 0 Å². The molecule has 2 heterocycles. The monoisotopic (exact) mass is 339 g/mol. The summed E-state index contributed by atoms with van der Waals surface area (Å²) in [6.45, 7) is 0. The predicted octanol–water partition coefficient (Wildman–Crippen LogP) is 1.20. The maximum absolute atomic E-state index is 5.63. The predicted molar refractivity (Wildman–Crippen MR) is 76.2 cm³/mol. The molecule has 2 aromatic heterocycles. The number of nitrogens with two attached hydrogens (primary N) is 1. The summed E-state index contributed by atoms with van der Waals surface area (Å²) in [7, 11) is 3.02. The van der Waals surface area contributed by atoms with E-state index >= 15 is 0 Å². The minimum absolute atomic E-state index is 0.324. The zero-order valence-corrected chi connectivity index (χ0v) is 12.6. The molecule has 0 fully saturated rings. The molecule has 3 N–H and O–H groups in total. The number of pyridine rings is 1. The Labute approximate surface area is 124 Å². The molecule has 0 aromatic carbocycles. The smallest absolute Gasteiger partial charge is 0.240 e. The van der Waals surface area contributed by atoms with Gasteiger partial charge in [-0.15, -0.1) is 0 Å². The van der Waals surface area contributed by atoms with Gasteiger partial charge in [0.2, 0.25) is 11.8 Å². The van der Waals surface area contributed by atoms with Crippen molar-refractivity contribution in [2.24, 2.45) is 5.84 Å². The third-order valence-corrected chi connectivity index (χ3v) is 3.32. The fourth-order valence-corrected chi connectivity index (χ4v) is 2.19. The van der Waals surface area contributed by atoms with E-state index in [4.69, 9.17) is 15.3 Å². The van der Waals surface area contributed by atoms with Crippen LogP contribution < -0.4 is 20.7 Å². The van der Waals surface area contributed by atoms with Gasteiger partial charge in [0.1, 0.15) is 11.7 Å². The summed E-state index contributed by atoms with van der Waals surface area (Å²) in [5, 5.41) is 0. The number of nitrogens with one attached hydrogen (secondary N) is 1. The van der Waals surface area contributed by atoms with Crippen LogP contribution >= 0.6 is 15.9 Å². The van der Waals surface area contributed by atoms with Gasteiger partial charge in [-0.25, -0.2) is 10.4 Å². The molecule has 106 valence electrons. The van der Waals surface area contributed by atoms with Crippen LogP contribution in [0.4, 0.5) is 0 Å². The third kappa shape index (κ3) is 2.87. The molecule has 0 radical (unpaired) electrons. The molecule has 0 amide bonds. The van der Waals surface area contributed by atoms with E-state index in [9.17, 15) is 0 Å². The van der Waals surface area contributed by atoms with E-state index in [1.165, 1.54) is 20.4 Å². The number of methoxy groups -OCH3 is 2. The zero-order valence-electron chi connectivity index (χ0n) is 11.0. The van der Waals surface area contributed by atoms with Crippen molar-refractivity contribution < 1.29 is 9.47 Å². The molecule has 1 unspecified atom stereocenters. The van der Waals surface area contributed by atoms with Crippen LogP contribution in [0, 0.1) is 0 Å². The van der Waals surface area contributed by atoms with Crippen molar-refractivity contribution in [1.29, 1.82) is 0 Å². The average Bonchev–Trinajstić information content (AvgIpc) is 2.50. The lowest BCUT2D eigenvalue weighted by molar-refractivity contribution is 0.352. The van der Waals surface area contributed by atoms with Crippen LogP contribution in [-0.2, 0) is 0 Å². The Bertz CT molecular complexity index is 596. The van der Waals surface area contributed by atoms with Crippen molar-refractivity contribution in [2.75, 3.05) is 14.2 Å². The van der Waals surface area contributed by atoms with Crippen molar-refractivity contribution in [1.82, 2.24) is 20.4 Å². The molecular formula is C12H14BrN5O2. The maximum atomic E-state index is 5.63. The van der Waals surface area contributed by atoms with E-state index in [-0.39, 0.29) is 0 Å². The molecule has 20 heavy (non-hydrogen) atoms. The minimum atomic E-state index is -0.459. The number of hydrazine groups is 1. The summed E-state index contributed by atoms with van der Waals surface area (Å²) in [5.41, 5.74) is 3.88. The van der Waals surface area contributed by atoms with Crippen molar-refractivity contribution in [3.05, 3.63) is 40.4 Å². The Morgan fingerprint density at radius 2 is 2.05 bits per heavy atom. The Balaban J connectivity index is 2.49. The van der Waals surface area contributed by atoms with Crippen LogP contribution in [-0.4, -0.2) is 29.2 Å². The number of halogens is 1. The summed E-state index contributed by atoms with van der Waals surface area (Å²) in [4.78, 5) is 12.8. The van der Waals surface area contributed by atoms with Crippen molar-refractivity contribution in [3.63, 3.8) is 0 Å². The summed E-state index contributed by atoms with van der Waals surface area (Å²) >= 11 is 3.44. The number of rotatable bonds is 5. The molecule has 1 atom stereocenters. The summed E-state index contributed by atoms with van der Waals surface area (Å²) in [5.74, 6) is 6.32. The second-order valence-electron chi connectivity index (χ2n) is 3.78. The lowest BCUT2D eigenvalue weighted by Crippen LogP contribution is -2.31. The highest BCUT2D eigenvalue weighted by atomic mass is 79.9. The molecule has 0 aliphatic rings. The summed E-state index contributed by atoms with van der Waals surface area (Å²) < 4.78 is 11.1. The van der Waals surface area contributed by atoms with Gasteiger partial charge < -0.3 is 9.47 Å². The highest BCUT2D eigenvalue weighted by Gasteiger charge is 2.23. The molecule has 2 aromatic rings. The first kappa shape index (κ1) is 14.6. The van der Waals surface area contributed by atoms with E-state index in [1.54, 1.807) is 6.20 Å². The van der Waals surface area contributed by atoms with Crippen LogP contribution in [0.15, 0.2) is 29.0 Å². The first-order valence-electron chi connectivity index (χ1n) is 5.72. The Hall–Kier alpha value is -1.77. The summed E-state index contributed by atoms with van der Waals surface area (Å²) in [6, 6.07) is 3.23. The molecule has 0 aliphatic heterocycles. The molecule has 0 bridgehead atoms. The Kier molecular flexibility index (Phi) is 4.83. The van der Waals surface area contributed by atoms with E-state index < -0.39 is 6.04 Å². The van der Waals surface area contributed by atoms with Gasteiger partial charge >= 0.3 is 0 Å². The van der Waals surface area contributed by atoms with Crippen LogP contribution in [0.3, 0.4) is 0 Å². The minimum Gasteiger partial charge on any atom is -0.480 e. The molecular weight excluding hydrogens is 326 g/mol. The van der Waals surface area contributed by atoms with E-state index in [1.807, 2.05) is 12.1 Å². The second-order valence-corrected chi connectivity index (χ2v) is 4.63. The van der Waals surface area contributed by atoms with Gasteiger partial charge in [-0.3, -0.25) is 10.8 Å². The molecule has 8 heteroatoms. The fraction of sp³-hybridized carbons (Fsp3) is 0.250. The number of hydrogen-bond acceptors (Lipinski definition) is 7. The topological polar surface area (TPSA) is 95.2 Å². The molecule has 0 saturated heterocycles. The van der Waals surface area contributed by atoms with Gasteiger partial charge in [0, 0.05) is 10.7 Å². The van der Waals surface area contributed by atoms with Gasteiger partial charge in [-0.05, 0) is 28.1 Å². The second kappa shape index (κ2) is 6.60. The molecule has 0 saturated carbocycles. The van der Waals surface area contributed by atoms with Crippen LogP contribution in [0.1, 0.15) is 17.4 Å². The standard InChI is InChI=1S/C12H14BrN5O2/c1-19-8-6-16-11(12(17-8)20-2)10(18-14)9-7(13)4-3-5-15-9/h3-6,10,18H,14H2,1-2H3. The van der Waals surface area contributed by atoms with Crippen molar-refractivity contribution in [3.8, 4) is 11.8 Å².